The van der Waals surface area contributed by atoms with Crippen LogP contribution in [0.2, 0.25) is 0 Å². The van der Waals surface area contributed by atoms with Crippen LogP contribution in [0, 0.1) is 0 Å². The predicted octanol–water partition coefficient (Wildman–Crippen LogP) is 5.66. The smallest absolute Gasteiger partial charge is 0.323 e. The number of rotatable bonds is 8. The first kappa shape index (κ1) is 29.4. The van der Waals surface area contributed by atoms with Crippen molar-refractivity contribution in [3.05, 3.63) is 95.1 Å². The number of esters is 1. The molecule has 41 heavy (non-hydrogen) atoms. The Morgan fingerprint density at radius 1 is 1.00 bits per heavy atom. The first-order valence-electron chi connectivity index (χ1n) is 14.6. The predicted molar refractivity (Wildman–Crippen MR) is 159 cm³/mol. The fraction of sp³-hybridized carbons (Fsp3) is 0.441. The van der Waals surface area contributed by atoms with E-state index in [2.05, 4.69) is 41.3 Å². The normalized spacial score (nSPS) is 23.4. The maximum Gasteiger partial charge on any atom is 0.323 e. The molecule has 0 bridgehead atoms. The van der Waals surface area contributed by atoms with Gasteiger partial charge in [-0.15, -0.1) is 0 Å². The fourth-order valence-corrected chi connectivity index (χ4v) is 5.78. The summed E-state index contributed by atoms with van der Waals surface area (Å²) in [5, 5.41) is 9.51. The van der Waals surface area contributed by atoms with Crippen molar-refractivity contribution in [2.75, 3.05) is 13.1 Å². The van der Waals surface area contributed by atoms with Gasteiger partial charge in [-0.3, -0.25) is 9.69 Å². The lowest BCUT2D eigenvalue weighted by Crippen LogP contribution is -2.45. The Morgan fingerprint density at radius 3 is 2.39 bits per heavy atom. The van der Waals surface area contributed by atoms with Crippen LogP contribution in [0.1, 0.15) is 74.7 Å². The second kappa shape index (κ2) is 12.8. The molecule has 2 heterocycles. The molecule has 0 spiro atoms. The summed E-state index contributed by atoms with van der Waals surface area (Å²) >= 11 is 0. The fourth-order valence-electron chi connectivity index (χ4n) is 5.78. The lowest BCUT2D eigenvalue weighted by molar-refractivity contribution is -0.253. The number of ether oxygens (including phenoxy) is 3. The molecule has 5 rings (SSSR count). The Bertz CT molecular complexity index is 1300. The van der Waals surface area contributed by atoms with Crippen LogP contribution >= 0.6 is 0 Å². The molecule has 2 fully saturated rings. The van der Waals surface area contributed by atoms with Gasteiger partial charge in [-0.25, -0.2) is 0 Å². The molecular formula is C34H42N2O5. The van der Waals surface area contributed by atoms with E-state index in [1.807, 2.05) is 57.2 Å². The van der Waals surface area contributed by atoms with Gasteiger partial charge >= 0.3 is 5.97 Å². The first-order valence-corrected chi connectivity index (χ1v) is 14.6. The molecule has 4 atom stereocenters. The number of benzene rings is 3. The van der Waals surface area contributed by atoms with E-state index in [9.17, 15) is 9.90 Å². The quantitative estimate of drug-likeness (QED) is 0.345. The summed E-state index contributed by atoms with van der Waals surface area (Å²) in [6, 6.07) is 24.1. The van der Waals surface area contributed by atoms with Gasteiger partial charge in [-0.05, 0) is 68.0 Å². The molecule has 0 aromatic heterocycles. The topological polar surface area (TPSA) is 94.2 Å². The lowest BCUT2D eigenvalue weighted by atomic mass is 9.97. The third-order valence-electron chi connectivity index (χ3n) is 7.83. The maximum absolute atomic E-state index is 13.0. The number of aliphatic hydroxyl groups excluding tert-OH is 1. The van der Waals surface area contributed by atoms with Crippen LogP contribution in [0.3, 0.4) is 0 Å². The summed E-state index contributed by atoms with van der Waals surface area (Å²) in [6.07, 6.45) is 1.52. The number of carbonyl (C=O) groups is 1. The van der Waals surface area contributed by atoms with E-state index >= 15 is 0 Å². The molecule has 3 N–H and O–H groups in total. The summed E-state index contributed by atoms with van der Waals surface area (Å²) in [7, 11) is 0. The third kappa shape index (κ3) is 7.23. The Balaban J connectivity index is 1.37. The van der Waals surface area contributed by atoms with E-state index in [1.165, 1.54) is 0 Å². The van der Waals surface area contributed by atoms with Crippen molar-refractivity contribution in [1.82, 2.24) is 4.90 Å². The number of nitrogens with two attached hydrogens (primary N) is 1. The minimum Gasteiger partial charge on any atom is -0.459 e. The summed E-state index contributed by atoms with van der Waals surface area (Å²) in [5.74, 6) is -0.164. The highest BCUT2D eigenvalue weighted by Gasteiger charge is 2.38. The Labute approximate surface area is 243 Å². The van der Waals surface area contributed by atoms with E-state index in [1.54, 1.807) is 0 Å². The van der Waals surface area contributed by atoms with Gasteiger partial charge in [0.1, 0.15) is 11.6 Å². The molecule has 7 nitrogen and oxygen atoms in total. The molecule has 2 aliphatic rings. The highest BCUT2D eigenvalue weighted by Crippen LogP contribution is 2.39. The SMILES string of the molecule is CC(C)(C)OC(=O)C1CCCN1CC1CC(c2ccc(CO)cc2)OC(c2ccc(-c3ccccc3CN)cc2)O1. The van der Waals surface area contributed by atoms with Crippen LogP contribution in [-0.2, 0) is 32.2 Å². The zero-order valence-electron chi connectivity index (χ0n) is 24.3. The van der Waals surface area contributed by atoms with Gasteiger partial charge in [0.25, 0.3) is 0 Å². The number of carbonyl (C=O) groups excluding carboxylic acids is 1. The highest BCUT2D eigenvalue weighted by molar-refractivity contribution is 5.76. The summed E-state index contributed by atoms with van der Waals surface area (Å²) in [4.78, 5) is 15.2. The molecule has 7 heteroatoms. The minimum atomic E-state index is -0.558. The van der Waals surface area contributed by atoms with Crippen molar-refractivity contribution < 1.29 is 24.1 Å². The van der Waals surface area contributed by atoms with Crippen LogP contribution in [0.4, 0.5) is 0 Å². The van der Waals surface area contributed by atoms with Crippen molar-refractivity contribution in [1.29, 1.82) is 0 Å². The van der Waals surface area contributed by atoms with Gasteiger partial charge in [0, 0.05) is 25.1 Å². The second-order valence-corrected chi connectivity index (χ2v) is 12.0. The van der Waals surface area contributed by atoms with Gasteiger partial charge in [0.05, 0.1) is 18.8 Å². The molecule has 0 aliphatic carbocycles. The van der Waals surface area contributed by atoms with Gasteiger partial charge in [0.2, 0.25) is 0 Å². The molecule has 0 radical (unpaired) electrons. The molecule has 0 saturated carbocycles. The van der Waals surface area contributed by atoms with Gasteiger partial charge in [-0.1, -0.05) is 72.8 Å². The molecule has 0 amide bonds. The number of hydrogen-bond acceptors (Lipinski definition) is 7. The molecule has 2 aliphatic heterocycles. The van der Waals surface area contributed by atoms with Crippen molar-refractivity contribution in [3.63, 3.8) is 0 Å². The molecule has 2 saturated heterocycles. The standard InChI is InChI=1S/C34H42N2O5/c1-34(2,3)41-32(38)30-9-6-18-36(30)21-28-19-31(25-12-10-23(22-37)11-13-25)40-33(39-28)26-16-14-24(15-17-26)29-8-5-4-7-27(29)20-35/h4-5,7-8,10-17,28,30-31,33,37H,6,9,18-22,35H2,1-3H3. The number of hydrogen-bond donors (Lipinski definition) is 2. The van der Waals surface area contributed by atoms with Crippen molar-refractivity contribution in [3.8, 4) is 11.1 Å². The van der Waals surface area contributed by atoms with E-state index in [0.717, 1.165) is 52.8 Å². The van der Waals surface area contributed by atoms with E-state index in [-0.39, 0.29) is 30.8 Å². The van der Waals surface area contributed by atoms with Gasteiger partial charge < -0.3 is 25.1 Å². The zero-order valence-corrected chi connectivity index (χ0v) is 24.3. The Kier molecular flexibility index (Phi) is 9.22. The summed E-state index contributed by atoms with van der Waals surface area (Å²) < 4.78 is 18.9. The van der Waals surface area contributed by atoms with Crippen molar-refractivity contribution >= 4 is 5.97 Å². The van der Waals surface area contributed by atoms with Gasteiger partial charge in [-0.2, -0.15) is 0 Å². The summed E-state index contributed by atoms with van der Waals surface area (Å²) in [6.45, 7) is 7.65. The van der Waals surface area contributed by atoms with Crippen LogP contribution in [0.15, 0.2) is 72.8 Å². The third-order valence-corrected chi connectivity index (χ3v) is 7.83. The molecule has 3 aromatic rings. The number of aliphatic hydroxyl groups is 1. The van der Waals surface area contributed by atoms with Crippen LogP contribution < -0.4 is 5.73 Å². The minimum absolute atomic E-state index is 0.000806. The van der Waals surface area contributed by atoms with Crippen LogP contribution in [0.25, 0.3) is 11.1 Å². The van der Waals surface area contributed by atoms with Crippen LogP contribution in [-0.4, -0.2) is 46.8 Å². The number of nitrogens with zero attached hydrogens (tertiary/aromatic N) is 1. The molecular weight excluding hydrogens is 516 g/mol. The lowest BCUT2D eigenvalue weighted by Gasteiger charge is -2.38. The second-order valence-electron chi connectivity index (χ2n) is 12.0. The van der Waals surface area contributed by atoms with Gasteiger partial charge in [0.15, 0.2) is 6.29 Å². The Morgan fingerprint density at radius 2 is 1.71 bits per heavy atom. The van der Waals surface area contributed by atoms with Crippen molar-refractivity contribution in [2.24, 2.45) is 5.73 Å². The zero-order chi connectivity index (χ0) is 29.0. The maximum atomic E-state index is 13.0. The highest BCUT2D eigenvalue weighted by atomic mass is 16.7. The molecule has 4 unspecified atom stereocenters. The van der Waals surface area contributed by atoms with E-state index in [0.29, 0.717) is 19.5 Å². The molecule has 3 aromatic carbocycles. The summed E-state index contributed by atoms with van der Waals surface area (Å²) in [5.41, 5.74) is 11.6. The number of likely N-dealkylation sites (tertiary alicyclic amines) is 1. The first-order chi connectivity index (χ1) is 19.7. The largest absolute Gasteiger partial charge is 0.459 e. The van der Waals surface area contributed by atoms with Crippen molar-refractivity contribution in [2.45, 2.75) is 83.3 Å². The average Bonchev–Trinajstić information content (AvgIpc) is 3.44. The monoisotopic (exact) mass is 558 g/mol. The Hall–Kier alpha value is -3.07. The van der Waals surface area contributed by atoms with E-state index in [4.69, 9.17) is 19.9 Å². The average molecular weight is 559 g/mol. The van der Waals surface area contributed by atoms with Crippen LogP contribution in [0.5, 0.6) is 0 Å². The van der Waals surface area contributed by atoms with E-state index < -0.39 is 11.9 Å². The molecule has 218 valence electrons.